The van der Waals surface area contributed by atoms with Crippen molar-refractivity contribution in [1.82, 2.24) is 9.97 Å². The van der Waals surface area contributed by atoms with E-state index in [9.17, 15) is 0 Å². The molecule has 1 aliphatic carbocycles. The lowest BCUT2D eigenvalue weighted by molar-refractivity contribution is 0.270. The third kappa shape index (κ3) is 1.32. The fourth-order valence-corrected chi connectivity index (χ4v) is 1.59. The standard InChI is InChI=1S/C9H12N2O/c12-6-9-10-5-7-3-1-2-4-8(7)11-9/h5,12H,1-4,6H2. The second kappa shape index (κ2) is 3.19. The number of aryl methyl sites for hydroxylation is 2. The maximum Gasteiger partial charge on any atom is 0.153 e. The van der Waals surface area contributed by atoms with Crippen LogP contribution in [0.15, 0.2) is 6.20 Å². The minimum atomic E-state index is -0.0483. The second-order valence-electron chi connectivity index (χ2n) is 3.12. The van der Waals surface area contributed by atoms with Crippen LogP contribution >= 0.6 is 0 Å². The molecule has 0 bridgehead atoms. The normalized spacial score (nSPS) is 15.8. The number of hydrogen-bond donors (Lipinski definition) is 1. The van der Waals surface area contributed by atoms with E-state index in [1.807, 2.05) is 6.20 Å². The van der Waals surface area contributed by atoms with Crippen molar-refractivity contribution >= 4 is 0 Å². The highest BCUT2D eigenvalue weighted by molar-refractivity contribution is 5.20. The SMILES string of the molecule is OCc1ncc2c(n1)CCCC2. The van der Waals surface area contributed by atoms with Crippen molar-refractivity contribution in [3.05, 3.63) is 23.3 Å². The van der Waals surface area contributed by atoms with Gasteiger partial charge >= 0.3 is 0 Å². The Balaban J connectivity index is 2.36. The first kappa shape index (κ1) is 7.68. The molecule has 1 aromatic heterocycles. The zero-order chi connectivity index (χ0) is 8.39. The third-order valence-electron chi connectivity index (χ3n) is 2.26. The third-order valence-corrected chi connectivity index (χ3v) is 2.26. The maximum atomic E-state index is 8.81. The fraction of sp³-hybridized carbons (Fsp3) is 0.556. The van der Waals surface area contributed by atoms with Gasteiger partial charge < -0.3 is 5.11 Å². The zero-order valence-corrected chi connectivity index (χ0v) is 6.95. The topological polar surface area (TPSA) is 46.0 Å². The van der Waals surface area contributed by atoms with Gasteiger partial charge in [-0.1, -0.05) is 0 Å². The molecule has 0 saturated carbocycles. The lowest BCUT2D eigenvalue weighted by atomic mass is 9.98. The smallest absolute Gasteiger partial charge is 0.153 e. The van der Waals surface area contributed by atoms with Gasteiger partial charge in [-0.05, 0) is 31.2 Å². The molecule has 0 amide bonds. The van der Waals surface area contributed by atoms with E-state index in [0.717, 1.165) is 18.5 Å². The Kier molecular flexibility index (Phi) is 2.04. The minimum absolute atomic E-state index is 0.0483. The molecule has 0 spiro atoms. The summed E-state index contributed by atoms with van der Waals surface area (Å²) < 4.78 is 0. The predicted octanol–water partition coefficient (Wildman–Crippen LogP) is 0.848. The number of aromatic nitrogens is 2. The second-order valence-corrected chi connectivity index (χ2v) is 3.12. The maximum absolute atomic E-state index is 8.81. The molecule has 1 aliphatic rings. The van der Waals surface area contributed by atoms with Crippen LogP contribution in [-0.2, 0) is 19.4 Å². The highest BCUT2D eigenvalue weighted by Gasteiger charge is 2.10. The molecule has 0 aromatic carbocycles. The van der Waals surface area contributed by atoms with Crippen molar-refractivity contribution in [2.45, 2.75) is 32.3 Å². The van der Waals surface area contributed by atoms with Gasteiger partial charge in [0, 0.05) is 11.9 Å². The molecule has 3 heteroatoms. The van der Waals surface area contributed by atoms with E-state index < -0.39 is 0 Å². The first-order valence-electron chi connectivity index (χ1n) is 4.34. The van der Waals surface area contributed by atoms with Gasteiger partial charge in [0.15, 0.2) is 5.82 Å². The van der Waals surface area contributed by atoms with E-state index in [0.29, 0.717) is 5.82 Å². The van der Waals surface area contributed by atoms with Crippen molar-refractivity contribution in [2.75, 3.05) is 0 Å². The van der Waals surface area contributed by atoms with Crippen molar-refractivity contribution in [3.63, 3.8) is 0 Å². The molecular weight excluding hydrogens is 152 g/mol. The Hall–Kier alpha value is -0.960. The van der Waals surface area contributed by atoms with Crippen LogP contribution in [0, 0.1) is 0 Å². The minimum Gasteiger partial charge on any atom is -0.388 e. The molecule has 12 heavy (non-hydrogen) atoms. The quantitative estimate of drug-likeness (QED) is 0.669. The molecule has 0 aliphatic heterocycles. The highest BCUT2D eigenvalue weighted by Crippen LogP contribution is 2.17. The average molecular weight is 164 g/mol. The summed E-state index contributed by atoms with van der Waals surface area (Å²) in [6.07, 6.45) is 6.46. The Bertz CT molecular complexity index is 286. The predicted molar refractivity (Wildman–Crippen MR) is 44.6 cm³/mol. The van der Waals surface area contributed by atoms with E-state index in [-0.39, 0.29) is 6.61 Å². The summed E-state index contributed by atoms with van der Waals surface area (Å²) in [5, 5.41) is 8.81. The number of nitrogens with zero attached hydrogens (tertiary/aromatic N) is 2. The largest absolute Gasteiger partial charge is 0.388 e. The summed E-state index contributed by atoms with van der Waals surface area (Å²) in [5.74, 6) is 0.552. The van der Waals surface area contributed by atoms with Crippen LogP contribution in [0.5, 0.6) is 0 Å². The van der Waals surface area contributed by atoms with Gasteiger partial charge in [-0.15, -0.1) is 0 Å². The van der Waals surface area contributed by atoms with Crippen molar-refractivity contribution in [2.24, 2.45) is 0 Å². The summed E-state index contributed by atoms with van der Waals surface area (Å²) in [7, 11) is 0. The van der Waals surface area contributed by atoms with Gasteiger partial charge in [0.25, 0.3) is 0 Å². The zero-order valence-electron chi connectivity index (χ0n) is 6.95. The molecule has 64 valence electrons. The van der Waals surface area contributed by atoms with Crippen LogP contribution in [0.4, 0.5) is 0 Å². The summed E-state index contributed by atoms with van der Waals surface area (Å²) >= 11 is 0. The van der Waals surface area contributed by atoms with Crippen molar-refractivity contribution in [3.8, 4) is 0 Å². The van der Waals surface area contributed by atoms with Gasteiger partial charge in [-0.2, -0.15) is 0 Å². The van der Waals surface area contributed by atoms with Gasteiger partial charge in [0.2, 0.25) is 0 Å². The van der Waals surface area contributed by atoms with Crippen molar-refractivity contribution in [1.29, 1.82) is 0 Å². The summed E-state index contributed by atoms with van der Waals surface area (Å²) in [6, 6.07) is 0. The van der Waals surface area contributed by atoms with Crippen LogP contribution in [0.2, 0.25) is 0 Å². The van der Waals surface area contributed by atoms with Crippen LogP contribution in [0.1, 0.15) is 29.9 Å². The Labute approximate surface area is 71.5 Å². The van der Waals surface area contributed by atoms with Gasteiger partial charge in [0.05, 0.1) is 0 Å². The Morgan fingerprint density at radius 2 is 2.17 bits per heavy atom. The first-order chi connectivity index (χ1) is 5.90. The number of hydrogen-bond acceptors (Lipinski definition) is 3. The van der Waals surface area contributed by atoms with E-state index in [1.165, 1.54) is 18.4 Å². The van der Waals surface area contributed by atoms with Crippen molar-refractivity contribution < 1.29 is 5.11 Å². The Morgan fingerprint density at radius 3 is 3.00 bits per heavy atom. The lowest BCUT2D eigenvalue weighted by Gasteiger charge is -2.13. The highest BCUT2D eigenvalue weighted by atomic mass is 16.3. The first-order valence-corrected chi connectivity index (χ1v) is 4.34. The van der Waals surface area contributed by atoms with Crippen LogP contribution in [-0.4, -0.2) is 15.1 Å². The molecule has 0 saturated heterocycles. The van der Waals surface area contributed by atoms with Gasteiger partial charge in [-0.25, -0.2) is 9.97 Å². The number of aliphatic hydroxyl groups excluding tert-OH is 1. The molecule has 2 rings (SSSR count). The molecule has 1 N–H and O–H groups in total. The number of aliphatic hydroxyl groups is 1. The van der Waals surface area contributed by atoms with E-state index in [2.05, 4.69) is 9.97 Å². The molecular formula is C9H12N2O. The molecule has 0 unspecified atom stereocenters. The van der Waals surface area contributed by atoms with Crippen LogP contribution in [0.25, 0.3) is 0 Å². The molecule has 0 radical (unpaired) electrons. The van der Waals surface area contributed by atoms with Gasteiger partial charge in [-0.3, -0.25) is 0 Å². The number of fused-ring (bicyclic) bond motifs is 1. The molecule has 1 aromatic rings. The molecule has 0 fully saturated rings. The molecule has 0 atom stereocenters. The van der Waals surface area contributed by atoms with Crippen LogP contribution in [0.3, 0.4) is 0 Å². The Morgan fingerprint density at radius 1 is 1.33 bits per heavy atom. The summed E-state index contributed by atoms with van der Waals surface area (Å²) in [4.78, 5) is 8.32. The lowest BCUT2D eigenvalue weighted by Crippen LogP contribution is -2.08. The monoisotopic (exact) mass is 164 g/mol. The van der Waals surface area contributed by atoms with Gasteiger partial charge in [0.1, 0.15) is 6.61 Å². The summed E-state index contributed by atoms with van der Waals surface area (Å²) in [6.45, 7) is -0.0483. The molecule has 1 heterocycles. The average Bonchev–Trinajstić information content (AvgIpc) is 2.17. The van der Waals surface area contributed by atoms with Crippen LogP contribution < -0.4 is 0 Å². The molecule has 3 nitrogen and oxygen atoms in total. The van der Waals surface area contributed by atoms with E-state index >= 15 is 0 Å². The van der Waals surface area contributed by atoms with E-state index in [4.69, 9.17) is 5.11 Å². The van der Waals surface area contributed by atoms with E-state index in [1.54, 1.807) is 0 Å². The summed E-state index contributed by atoms with van der Waals surface area (Å²) in [5.41, 5.74) is 2.40. The fourth-order valence-electron chi connectivity index (χ4n) is 1.59. The number of rotatable bonds is 1.